The maximum absolute atomic E-state index is 12.8. The lowest BCUT2D eigenvalue weighted by Gasteiger charge is -2.56. The Kier molecular flexibility index (Phi) is 5.59. The number of thioether (sulfide) groups is 1. The molecule has 32 heavy (non-hydrogen) atoms. The molecule has 4 saturated carbocycles. The van der Waals surface area contributed by atoms with Crippen LogP contribution >= 0.6 is 34.7 Å². The van der Waals surface area contributed by atoms with Crippen LogP contribution in [0.4, 0.5) is 10.7 Å². The Labute approximate surface area is 203 Å². The molecule has 2 heterocycles. The summed E-state index contributed by atoms with van der Waals surface area (Å²) < 4.78 is 6.27. The van der Waals surface area contributed by atoms with Crippen molar-refractivity contribution in [1.29, 1.82) is 0 Å². The van der Waals surface area contributed by atoms with Crippen LogP contribution in [-0.2, 0) is 0 Å². The van der Waals surface area contributed by atoms with E-state index in [1.165, 1.54) is 49.9 Å². The highest BCUT2D eigenvalue weighted by atomic mass is 35.5. The minimum absolute atomic E-state index is 0.0342. The second-order valence-corrected chi connectivity index (χ2v) is 13.0. The minimum atomic E-state index is 0.0342. The number of rotatable bonds is 6. The molecule has 4 aliphatic carbocycles. The highest BCUT2D eigenvalue weighted by Crippen LogP contribution is 2.60. The topological polar surface area (TPSA) is 41.6 Å². The molecule has 5 aliphatic rings. The standard InChI is InChI=1S/C25H29ClN2O2S2/c26-19-1-2-21-20(12-19)28(6-7-30-21)23-4-3-22(32-23)24(29)27-5-8-31-25-13-16-9-17(14-25)11-18(10-16)15-25/h1-4,12,16-18H,5-11,13-15H2,(H,27,29). The first-order chi connectivity index (χ1) is 15.6. The lowest BCUT2D eigenvalue weighted by atomic mass is 9.56. The molecule has 1 N–H and O–H groups in total. The molecule has 0 unspecified atom stereocenters. The van der Waals surface area contributed by atoms with Gasteiger partial charge in [0, 0.05) is 22.1 Å². The molecule has 1 aromatic heterocycles. The summed E-state index contributed by atoms with van der Waals surface area (Å²) in [5, 5.41) is 4.89. The van der Waals surface area contributed by atoms with Crippen LogP contribution in [0.5, 0.6) is 5.75 Å². The number of nitrogens with one attached hydrogen (secondary N) is 1. The number of amides is 1. The highest BCUT2D eigenvalue weighted by Gasteiger charge is 2.50. The lowest BCUT2D eigenvalue weighted by molar-refractivity contribution is 0.0383. The van der Waals surface area contributed by atoms with Crippen molar-refractivity contribution in [1.82, 2.24) is 5.32 Å². The second kappa shape index (κ2) is 8.44. The van der Waals surface area contributed by atoms with Gasteiger partial charge in [0.05, 0.1) is 22.1 Å². The van der Waals surface area contributed by atoms with Crippen molar-refractivity contribution in [2.24, 2.45) is 17.8 Å². The Bertz CT molecular complexity index is 988. The fourth-order valence-electron chi connectivity index (χ4n) is 6.74. The molecule has 0 saturated heterocycles. The van der Waals surface area contributed by atoms with E-state index in [0.717, 1.165) is 57.9 Å². The summed E-state index contributed by atoms with van der Waals surface area (Å²) in [6, 6.07) is 9.64. The zero-order valence-corrected chi connectivity index (χ0v) is 20.5. The first kappa shape index (κ1) is 21.2. The number of fused-ring (bicyclic) bond motifs is 1. The quantitative estimate of drug-likeness (QED) is 0.480. The van der Waals surface area contributed by atoms with E-state index in [-0.39, 0.29) is 5.91 Å². The van der Waals surface area contributed by atoms with Crippen molar-refractivity contribution in [2.75, 3.05) is 30.3 Å². The number of carbonyl (C=O) groups is 1. The smallest absolute Gasteiger partial charge is 0.261 e. The van der Waals surface area contributed by atoms with E-state index in [1.807, 2.05) is 30.3 Å². The van der Waals surface area contributed by atoms with Crippen molar-refractivity contribution in [3.05, 3.63) is 40.2 Å². The van der Waals surface area contributed by atoms with Gasteiger partial charge in [-0.2, -0.15) is 11.8 Å². The summed E-state index contributed by atoms with van der Waals surface area (Å²) >= 11 is 9.89. The van der Waals surface area contributed by atoms with Crippen LogP contribution in [0.2, 0.25) is 5.02 Å². The summed E-state index contributed by atoms with van der Waals surface area (Å²) in [5.74, 6) is 4.83. The number of hydrogen-bond donors (Lipinski definition) is 1. The van der Waals surface area contributed by atoms with Crippen LogP contribution in [0.15, 0.2) is 30.3 Å². The summed E-state index contributed by atoms with van der Waals surface area (Å²) in [7, 11) is 0. The molecule has 0 spiro atoms. The lowest BCUT2D eigenvalue weighted by Crippen LogP contribution is -2.48. The molecule has 0 radical (unpaired) electrons. The number of ether oxygens (including phenoxy) is 1. The monoisotopic (exact) mass is 488 g/mol. The third-order valence-corrected chi connectivity index (χ3v) is 10.5. The zero-order valence-electron chi connectivity index (χ0n) is 18.1. The molecule has 170 valence electrons. The molecule has 0 atom stereocenters. The summed E-state index contributed by atoms with van der Waals surface area (Å²) in [6.45, 7) is 2.11. The highest BCUT2D eigenvalue weighted by molar-refractivity contribution is 8.00. The molecule has 4 fully saturated rings. The minimum Gasteiger partial charge on any atom is -0.490 e. The first-order valence-electron chi connectivity index (χ1n) is 11.8. The van der Waals surface area contributed by atoms with Gasteiger partial charge in [-0.1, -0.05) is 11.6 Å². The Hall–Kier alpha value is -1.37. The Morgan fingerprint density at radius 1 is 1.16 bits per heavy atom. The van der Waals surface area contributed by atoms with Crippen LogP contribution in [0, 0.1) is 17.8 Å². The fourth-order valence-corrected chi connectivity index (χ4v) is 9.57. The summed E-state index contributed by atoms with van der Waals surface area (Å²) in [6.07, 6.45) is 8.69. The third-order valence-electron chi connectivity index (χ3n) is 7.64. The molecule has 7 heteroatoms. The van der Waals surface area contributed by atoms with E-state index in [2.05, 4.69) is 22.0 Å². The molecule has 2 aromatic rings. The Balaban J connectivity index is 1.05. The van der Waals surface area contributed by atoms with E-state index < -0.39 is 0 Å². The molecule has 4 bridgehead atoms. The van der Waals surface area contributed by atoms with E-state index in [4.69, 9.17) is 16.3 Å². The molecule has 4 nitrogen and oxygen atoms in total. The molecule has 7 rings (SSSR count). The molecular weight excluding hydrogens is 460 g/mol. The normalized spacial score (nSPS) is 30.2. The van der Waals surface area contributed by atoms with Crippen molar-refractivity contribution in [2.45, 2.75) is 43.3 Å². The van der Waals surface area contributed by atoms with Crippen LogP contribution < -0.4 is 15.0 Å². The number of nitrogens with zero attached hydrogens (tertiary/aromatic N) is 1. The van der Waals surface area contributed by atoms with E-state index in [1.54, 1.807) is 0 Å². The van der Waals surface area contributed by atoms with Crippen molar-refractivity contribution in [3.63, 3.8) is 0 Å². The second-order valence-electron chi connectivity index (χ2n) is 9.95. The van der Waals surface area contributed by atoms with Gasteiger partial charge in [-0.3, -0.25) is 4.79 Å². The van der Waals surface area contributed by atoms with E-state index in [0.29, 0.717) is 16.4 Å². The van der Waals surface area contributed by atoms with Gasteiger partial charge in [-0.15, -0.1) is 11.3 Å². The van der Waals surface area contributed by atoms with Crippen molar-refractivity contribution < 1.29 is 9.53 Å². The SMILES string of the molecule is O=C(NCCSC12CC3CC(CC(C3)C1)C2)c1ccc(N2CCOc3ccc(Cl)cc32)s1. The van der Waals surface area contributed by atoms with Gasteiger partial charge in [0.1, 0.15) is 12.4 Å². The predicted octanol–water partition coefficient (Wildman–Crippen LogP) is 6.36. The molecule has 1 amide bonds. The van der Waals surface area contributed by atoms with Crippen LogP contribution in [0.1, 0.15) is 48.2 Å². The van der Waals surface area contributed by atoms with Gasteiger partial charge < -0.3 is 15.0 Å². The predicted molar refractivity (Wildman–Crippen MR) is 134 cm³/mol. The number of halogens is 1. The van der Waals surface area contributed by atoms with Crippen LogP contribution in [-0.4, -0.2) is 36.1 Å². The molecular formula is C25H29ClN2O2S2. The maximum Gasteiger partial charge on any atom is 0.261 e. The van der Waals surface area contributed by atoms with Crippen molar-refractivity contribution in [3.8, 4) is 5.75 Å². The first-order valence-corrected chi connectivity index (χ1v) is 14.0. The van der Waals surface area contributed by atoms with Gasteiger partial charge in [0.25, 0.3) is 5.91 Å². The maximum atomic E-state index is 12.8. The molecule has 1 aromatic carbocycles. The number of anilines is 2. The van der Waals surface area contributed by atoms with Crippen LogP contribution in [0.25, 0.3) is 0 Å². The van der Waals surface area contributed by atoms with Crippen LogP contribution in [0.3, 0.4) is 0 Å². The fraction of sp³-hybridized carbons (Fsp3) is 0.560. The number of hydrogen-bond acceptors (Lipinski definition) is 5. The largest absolute Gasteiger partial charge is 0.490 e. The van der Waals surface area contributed by atoms with Gasteiger partial charge >= 0.3 is 0 Å². The van der Waals surface area contributed by atoms with Crippen molar-refractivity contribution >= 4 is 51.3 Å². The summed E-state index contributed by atoms with van der Waals surface area (Å²) in [4.78, 5) is 15.7. The van der Waals surface area contributed by atoms with Gasteiger partial charge in [-0.25, -0.2) is 0 Å². The van der Waals surface area contributed by atoms with E-state index >= 15 is 0 Å². The molecule has 1 aliphatic heterocycles. The van der Waals surface area contributed by atoms with E-state index in [9.17, 15) is 4.79 Å². The average molecular weight is 489 g/mol. The number of carbonyl (C=O) groups excluding carboxylic acids is 1. The Morgan fingerprint density at radius 3 is 2.66 bits per heavy atom. The van der Waals surface area contributed by atoms with Gasteiger partial charge in [0.2, 0.25) is 0 Å². The number of thiophene rings is 1. The number of benzene rings is 1. The average Bonchev–Trinajstić information content (AvgIpc) is 3.25. The van der Waals surface area contributed by atoms with Gasteiger partial charge in [0.15, 0.2) is 0 Å². The van der Waals surface area contributed by atoms with Gasteiger partial charge in [-0.05, 0) is 86.6 Å². The summed E-state index contributed by atoms with van der Waals surface area (Å²) in [5.41, 5.74) is 0.963. The zero-order chi connectivity index (χ0) is 21.7. The third kappa shape index (κ3) is 4.03. The Morgan fingerprint density at radius 2 is 1.91 bits per heavy atom.